The van der Waals surface area contributed by atoms with Gasteiger partial charge in [-0.3, -0.25) is 9.59 Å². The van der Waals surface area contributed by atoms with Gasteiger partial charge in [0.15, 0.2) is 5.60 Å². The smallest absolute Gasteiger partial charge is 0.338 e. The van der Waals surface area contributed by atoms with Crippen molar-refractivity contribution >= 4 is 17.7 Å². The molecule has 7 nitrogen and oxygen atoms in total. The molecule has 0 amide bonds. The zero-order valence-corrected chi connectivity index (χ0v) is 24.4. The van der Waals surface area contributed by atoms with Crippen molar-refractivity contribution < 1.29 is 33.7 Å². The first-order valence-corrected chi connectivity index (χ1v) is 14.2. The van der Waals surface area contributed by atoms with E-state index in [0.717, 1.165) is 11.1 Å². The second-order valence-electron chi connectivity index (χ2n) is 13.3. The van der Waals surface area contributed by atoms with Crippen molar-refractivity contribution in [2.45, 2.75) is 91.6 Å². The number of carbonyl (C=O) groups is 3. The molecule has 3 fully saturated rings. The number of carbonyl (C=O) groups excluding carboxylic acids is 3. The Morgan fingerprint density at radius 3 is 2.28 bits per heavy atom. The average Bonchev–Trinajstić information content (AvgIpc) is 2.87. The molecule has 1 heterocycles. The lowest BCUT2D eigenvalue weighted by Crippen LogP contribution is -2.80. The molecule has 3 unspecified atom stereocenters. The number of hydrogen-bond donors (Lipinski definition) is 1. The molecular formula is C32H42O7. The molecule has 39 heavy (non-hydrogen) atoms. The van der Waals surface area contributed by atoms with Crippen LogP contribution >= 0.6 is 0 Å². The molecule has 7 heteroatoms. The quantitative estimate of drug-likeness (QED) is 0.431. The lowest BCUT2D eigenvalue weighted by molar-refractivity contribution is -0.339. The van der Waals surface area contributed by atoms with Crippen molar-refractivity contribution in [2.24, 2.45) is 34.5 Å². The van der Waals surface area contributed by atoms with Crippen LogP contribution in [-0.2, 0) is 23.8 Å². The lowest BCUT2D eigenvalue weighted by Gasteiger charge is -2.68. The molecule has 1 aromatic carbocycles. The minimum atomic E-state index is -1.54. The molecule has 0 spiro atoms. The van der Waals surface area contributed by atoms with Gasteiger partial charge >= 0.3 is 11.9 Å². The van der Waals surface area contributed by atoms with Gasteiger partial charge in [-0.25, -0.2) is 4.79 Å². The summed E-state index contributed by atoms with van der Waals surface area (Å²) in [6.07, 6.45) is -0.736. The van der Waals surface area contributed by atoms with Crippen LogP contribution in [0.5, 0.6) is 0 Å². The van der Waals surface area contributed by atoms with Crippen molar-refractivity contribution in [1.29, 1.82) is 0 Å². The van der Waals surface area contributed by atoms with E-state index >= 15 is 0 Å². The van der Waals surface area contributed by atoms with Gasteiger partial charge in [0.05, 0.1) is 18.1 Å². The maximum atomic E-state index is 14.8. The van der Waals surface area contributed by atoms with E-state index in [1.807, 2.05) is 47.6 Å². The third-order valence-electron chi connectivity index (χ3n) is 11.1. The Balaban J connectivity index is 1.81. The second kappa shape index (κ2) is 9.00. The molecule has 5 rings (SSSR count). The molecule has 0 radical (unpaired) electrons. The van der Waals surface area contributed by atoms with Gasteiger partial charge in [0.25, 0.3) is 0 Å². The third-order valence-corrected chi connectivity index (χ3v) is 11.1. The largest absolute Gasteiger partial charge is 0.455 e. The number of aliphatic hydroxyl groups is 1. The second-order valence-corrected chi connectivity index (χ2v) is 13.3. The topological polar surface area (TPSA) is 99.1 Å². The summed E-state index contributed by atoms with van der Waals surface area (Å²) in [5.41, 5.74) is -2.35. The normalized spacial score (nSPS) is 42.7. The molecule has 212 valence electrons. The predicted molar refractivity (Wildman–Crippen MR) is 145 cm³/mol. The monoisotopic (exact) mass is 538 g/mol. The SMILES string of the molecule is CC(=O)O[C@@]12CO[C@@H]1C[C@H](C)[C@@]1(C)C(=O)[C@H](C)C3=C(C)C(C)C[C@@](O)(C(OC(=O)c4ccccc4)C12)C3(C)C. The van der Waals surface area contributed by atoms with Gasteiger partial charge < -0.3 is 19.3 Å². The van der Waals surface area contributed by atoms with E-state index in [4.69, 9.17) is 14.2 Å². The Kier molecular flexibility index (Phi) is 6.47. The van der Waals surface area contributed by atoms with Crippen LogP contribution in [0.25, 0.3) is 0 Å². The first-order chi connectivity index (χ1) is 18.1. The summed E-state index contributed by atoms with van der Waals surface area (Å²) in [5.74, 6) is -2.55. The molecule has 2 saturated carbocycles. The van der Waals surface area contributed by atoms with Gasteiger partial charge in [-0.05, 0) is 43.7 Å². The van der Waals surface area contributed by atoms with Crippen molar-refractivity contribution in [3.8, 4) is 0 Å². The molecule has 1 aromatic rings. The van der Waals surface area contributed by atoms with Crippen LogP contribution in [-0.4, -0.2) is 52.8 Å². The van der Waals surface area contributed by atoms with Crippen molar-refractivity contribution in [2.75, 3.05) is 6.61 Å². The Morgan fingerprint density at radius 2 is 1.72 bits per heavy atom. The Labute approximate surface area is 231 Å². The number of fused-ring (bicyclic) bond motifs is 5. The van der Waals surface area contributed by atoms with Gasteiger partial charge in [0.1, 0.15) is 23.6 Å². The fraction of sp³-hybridized carbons (Fsp3) is 0.656. The highest BCUT2D eigenvalue weighted by Gasteiger charge is 2.76. The molecule has 9 atom stereocenters. The summed E-state index contributed by atoms with van der Waals surface area (Å²) in [6.45, 7) is 15.3. The van der Waals surface area contributed by atoms with Crippen molar-refractivity contribution in [1.82, 2.24) is 0 Å². The Bertz CT molecular complexity index is 1230. The predicted octanol–water partition coefficient (Wildman–Crippen LogP) is 4.91. The van der Waals surface area contributed by atoms with Crippen LogP contribution in [0.4, 0.5) is 0 Å². The van der Waals surface area contributed by atoms with Gasteiger partial charge in [-0.1, -0.05) is 70.9 Å². The van der Waals surface area contributed by atoms with Crippen LogP contribution in [0.3, 0.4) is 0 Å². The van der Waals surface area contributed by atoms with Crippen LogP contribution in [0.2, 0.25) is 0 Å². The van der Waals surface area contributed by atoms with Gasteiger partial charge in [0, 0.05) is 23.7 Å². The number of hydrogen-bond acceptors (Lipinski definition) is 7. The molecule has 4 aliphatic rings. The molecule has 1 N–H and O–H groups in total. The van der Waals surface area contributed by atoms with Gasteiger partial charge in [0.2, 0.25) is 0 Å². The summed E-state index contributed by atoms with van der Waals surface area (Å²) in [6, 6.07) is 8.68. The van der Waals surface area contributed by atoms with Crippen LogP contribution in [0.1, 0.15) is 78.6 Å². The number of esters is 2. The summed E-state index contributed by atoms with van der Waals surface area (Å²) in [5, 5.41) is 13.0. The van der Waals surface area contributed by atoms with E-state index in [0.29, 0.717) is 18.4 Å². The van der Waals surface area contributed by atoms with E-state index < -0.39 is 58.0 Å². The summed E-state index contributed by atoms with van der Waals surface area (Å²) in [7, 11) is 0. The van der Waals surface area contributed by atoms with Crippen LogP contribution in [0, 0.1) is 34.5 Å². The minimum absolute atomic E-state index is 0.0243. The number of benzene rings is 1. The molecule has 3 aliphatic carbocycles. The highest BCUT2D eigenvalue weighted by atomic mass is 16.6. The summed E-state index contributed by atoms with van der Waals surface area (Å²) < 4.78 is 18.5. The highest BCUT2D eigenvalue weighted by molar-refractivity contribution is 5.92. The first-order valence-electron chi connectivity index (χ1n) is 14.2. The molecule has 2 bridgehead atoms. The van der Waals surface area contributed by atoms with E-state index in [-0.39, 0.29) is 24.2 Å². The van der Waals surface area contributed by atoms with E-state index in [2.05, 4.69) is 6.92 Å². The fourth-order valence-electron chi connectivity index (χ4n) is 8.71. The summed E-state index contributed by atoms with van der Waals surface area (Å²) in [4.78, 5) is 41.1. The van der Waals surface area contributed by atoms with Gasteiger partial charge in [-0.15, -0.1) is 0 Å². The van der Waals surface area contributed by atoms with Crippen molar-refractivity contribution in [3.05, 3.63) is 47.0 Å². The number of ether oxygens (including phenoxy) is 3. The zero-order chi connectivity index (χ0) is 28.7. The number of rotatable bonds is 3. The molecule has 0 aromatic heterocycles. The lowest BCUT2D eigenvalue weighted by atomic mass is 9.42. The van der Waals surface area contributed by atoms with E-state index in [1.54, 1.807) is 24.3 Å². The van der Waals surface area contributed by atoms with Gasteiger partial charge in [-0.2, -0.15) is 0 Å². The minimum Gasteiger partial charge on any atom is -0.455 e. The number of allylic oxidation sites excluding steroid dienone is 1. The molecular weight excluding hydrogens is 496 g/mol. The summed E-state index contributed by atoms with van der Waals surface area (Å²) >= 11 is 0. The maximum Gasteiger partial charge on any atom is 0.338 e. The standard InChI is InChI=1S/C32H42O7/c1-17-15-32(36)27(38-28(35)22-12-10-9-11-13-22)25-30(8,26(34)20(4)24(19(17)3)29(32,6)7)18(2)14-23-31(25,16-37-23)39-21(5)33/h9-13,17-18,20,23,25,27,36H,14-16H2,1-8H3/t17?,18-,20+,23+,25?,27?,30+,31-,32+/m0/s1. The highest BCUT2D eigenvalue weighted by Crippen LogP contribution is 2.66. The third kappa shape index (κ3) is 3.65. The first kappa shape index (κ1) is 28.0. The average molecular weight is 539 g/mol. The Morgan fingerprint density at radius 1 is 1.08 bits per heavy atom. The zero-order valence-electron chi connectivity index (χ0n) is 24.4. The van der Waals surface area contributed by atoms with E-state index in [9.17, 15) is 19.5 Å². The maximum absolute atomic E-state index is 14.8. The molecule has 1 saturated heterocycles. The number of Topliss-reactive ketones (excluding diaryl/α,β-unsaturated/α-hetero) is 1. The Hall–Kier alpha value is -2.51. The molecule has 1 aliphatic heterocycles. The van der Waals surface area contributed by atoms with Crippen LogP contribution in [0.15, 0.2) is 41.5 Å². The number of ketones is 1. The van der Waals surface area contributed by atoms with Crippen molar-refractivity contribution in [3.63, 3.8) is 0 Å². The fourth-order valence-corrected chi connectivity index (χ4v) is 8.71. The van der Waals surface area contributed by atoms with Crippen LogP contribution < -0.4 is 0 Å². The van der Waals surface area contributed by atoms with E-state index in [1.165, 1.54) is 6.92 Å².